The van der Waals surface area contributed by atoms with Gasteiger partial charge in [-0.15, -0.1) is 0 Å². The van der Waals surface area contributed by atoms with Crippen LogP contribution in [-0.4, -0.2) is 50.0 Å². The van der Waals surface area contributed by atoms with E-state index < -0.39 is 6.10 Å². The van der Waals surface area contributed by atoms with Crippen molar-refractivity contribution in [1.29, 1.82) is 0 Å². The summed E-state index contributed by atoms with van der Waals surface area (Å²) in [5.41, 5.74) is 4.97. The minimum Gasteiger partial charge on any atom is -0.493 e. The second-order valence-corrected chi connectivity index (χ2v) is 10.5. The molecule has 1 aliphatic rings. The molecule has 1 saturated carbocycles. The minimum atomic E-state index is -0.596. The number of benzene rings is 3. The predicted molar refractivity (Wildman–Crippen MR) is 153 cm³/mol. The van der Waals surface area contributed by atoms with Gasteiger partial charge in [0, 0.05) is 19.6 Å². The fourth-order valence-corrected chi connectivity index (χ4v) is 5.46. The molecule has 1 aliphatic carbocycles. The molecule has 3 aromatic rings. The van der Waals surface area contributed by atoms with Gasteiger partial charge in [-0.25, -0.2) is 0 Å². The number of hydrogen-bond acceptors (Lipinski definition) is 5. The molecule has 1 fully saturated rings. The molecule has 0 spiro atoms. The summed E-state index contributed by atoms with van der Waals surface area (Å²) in [6, 6.07) is 23.0. The Morgan fingerprint density at radius 2 is 1.58 bits per heavy atom. The molecular weight excluding hydrogens is 474 g/mol. The number of ether oxygens (including phenoxy) is 3. The quantitative estimate of drug-likeness (QED) is 0.279. The molecule has 38 heavy (non-hydrogen) atoms. The molecule has 1 unspecified atom stereocenters. The van der Waals surface area contributed by atoms with Gasteiger partial charge in [0.2, 0.25) is 0 Å². The topological polar surface area (TPSA) is 51.2 Å². The molecule has 204 valence electrons. The Bertz CT molecular complexity index is 1130. The molecule has 0 heterocycles. The molecule has 0 aliphatic heterocycles. The second kappa shape index (κ2) is 14.2. The lowest BCUT2D eigenvalue weighted by Crippen LogP contribution is -2.36. The number of methoxy groups -OCH3 is 2. The van der Waals surface area contributed by atoms with Crippen LogP contribution in [0, 0.1) is 6.92 Å². The zero-order chi connectivity index (χ0) is 26.7. The van der Waals surface area contributed by atoms with E-state index in [9.17, 15) is 5.11 Å². The van der Waals surface area contributed by atoms with E-state index in [-0.39, 0.29) is 6.61 Å². The van der Waals surface area contributed by atoms with Crippen molar-refractivity contribution >= 4 is 0 Å². The first-order valence-corrected chi connectivity index (χ1v) is 13.9. The number of nitrogens with zero attached hydrogens (tertiary/aromatic N) is 1. The monoisotopic (exact) mass is 517 g/mol. The average Bonchev–Trinajstić information content (AvgIpc) is 2.96. The first kappa shape index (κ1) is 28.0. The molecule has 0 radical (unpaired) electrons. The van der Waals surface area contributed by atoms with Gasteiger partial charge < -0.3 is 19.3 Å². The van der Waals surface area contributed by atoms with Crippen molar-refractivity contribution in [1.82, 2.24) is 4.90 Å². The largest absolute Gasteiger partial charge is 0.493 e. The molecule has 3 aromatic carbocycles. The maximum Gasteiger partial charge on any atom is 0.160 e. The Morgan fingerprint density at radius 3 is 2.29 bits per heavy atom. The van der Waals surface area contributed by atoms with Gasteiger partial charge in [0.05, 0.1) is 14.2 Å². The van der Waals surface area contributed by atoms with Crippen molar-refractivity contribution < 1.29 is 19.3 Å². The van der Waals surface area contributed by atoms with Crippen molar-refractivity contribution in [2.45, 2.75) is 64.0 Å². The summed E-state index contributed by atoms with van der Waals surface area (Å²) < 4.78 is 17.0. The van der Waals surface area contributed by atoms with Gasteiger partial charge in [-0.3, -0.25) is 4.90 Å². The fraction of sp³-hybridized carbons (Fsp3) is 0.455. The molecule has 5 nitrogen and oxygen atoms in total. The van der Waals surface area contributed by atoms with Crippen LogP contribution >= 0.6 is 0 Å². The third-order valence-electron chi connectivity index (χ3n) is 7.59. The van der Waals surface area contributed by atoms with E-state index in [1.807, 2.05) is 18.2 Å². The minimum absolute atomic E-state index is 0.269. The Hall–Kier alpha value is -3.02. The van der Waals surface area contributed by atoms with Crippen molar-refractivity contribution in [3.63, 3.8) is 0 Å². The highest BCUT2D eigenvalue weighted by molar-refractivity contribution is 5.43. The Kier molecular flexibility index (Phi) is 10.5. The Balaban J connectivity index is 1.35. The van der Waals surface area contributed by atoms with Crippen LogP contribution in [0.25, 0.3) is 0 Å². The van der Waals surface area contributed by atoms with E-state index in [0.29, 0.717) is 12.5 Å². The number of aliphatic hydroxyl groups excluding tert-OH is 1. The normalized spacial score (nSPS) is 14.9. The Labute approximate surface area is 228 Å². The van der Waals surface area contributed by atoms with Crippen molar-refractivity contribution in [3.05, 3.63) is 89.0 Å². The van der Waals surface area contributed by atoms with Gasteiger partial charge in [-0.05, 0) is 72.6 Å². The van der Waals surface area contributed by atoms with Crippen LogP contribution in [0.1, 0.15) is 60.3 Å². The summed E-state index contributed by atoms with van der Waals surface area (Å²) in [4.78, 5) is 2.29. The predicted octanol–water partition coefficient (Wildman–Crippen LogP) is 6.54. The molecule has 5 heteroatoms. The molecule has 1 N–H and O–H groups in total. The second-order valence-electron chi connectivity index (χ2n) is 10.5. The summed E-state index contributed by atoms with van der Waals surface area (Å²) in [6.07, 6.45) is 6.85. The van der Waals surface area contributed by atoms with Crippen molar-refractivity contribution in [2.75, 3.05) is 33.9 Å². The van der Waals surface area contributed by atoms with E-state index in [0.717, 1.165) is 42.3 Å². The maximum absolute atomic E-state index is 11.0. The van der Waals surface area contributed by atoms with Gasteiger partial charge in [0.15, 0.2) is 11.5 Å². The standard InChI is InChI=1S/C33H43NO4/c1-25-20-29(28-12-8-5-9-13-28)15-17-31(25)38-24-30(35)23-34(22-27-10-6-4-7-11-27)19-18-26-14-16-32(36-2)33(21-26)37-3/h4,6-7,10-11,14-17,20-21,28,30,35H,5,8-9,12-13,18-19,22-24H2,1-3H3. The highest BCUT2D eigenvalue weighted by Gasteiger charge is 2.18. The Morgan fingerprint density at radius 1 is 0.842 bits per heavy atom. The van der Waals surface area contributed by atoms with E-state index in [1.54, 1.807) is 14.2 Å². The van der Waals surface area contributed by atoms with E-state index in [4.69, 9.17) is 14.2 Å². The summed E-state index contributed by atoms with van der Waals surface area (Å²) in [7, 11) is 3.31. The third kappa shape index (κ3) is 7.99. The molecule has 0 bridgehead atoms. The van der Waals surface area contributed by atoms with Crippen LogP contribution in [0.15, 0.2) is 66.7 Å². The van der Waals surface area contributed by atoms with Crippen molar-refractivity contribution in [2.24, 2.45) is 0 Å². The van der Waals surface area contributed by atoms with Gasteiger partial charge in [-0.1, -0.05) is 67.8 Å². The van der Waals surface area contributed by atoms with Crippen LogP contribution in [0.3, 0.4) is 0 Å². The SMILES string of the molecule is COc1ccc(CCN(Cc2ccccc2)CC(O)COc2ccc(C3CCCCC3)cc2C)cc1OC. The van der Waals surface area contributed by atoms with Gasteiger partial charge in [0.25, 0.3) is 0 Å². The van der Waals surface area contributed by atoms with Crippen LogP contribution in [0.2, 0.25) is 0 Å². The lowest BCUT2D eigenvalue weighted by Gasteiger charge is -2.26. The molecular formula is C33H43NO4. The summed E-state index contributed by atoms with van der Waals surface area (Å²) in [5, 5.41) is 11.0. The van der Waals surface area contributed by atoms with Gasteiger partial charge in [0.1, 0.15) is 18.5 Å². The van der Waals surface area contributed by atoms with Crippen molar-refractivity contribution in [3.8, 4) is 17.2 Å². The molecule has 4 rings (SSSR count). The van der Waals surface area contributed by atoms with Crippen LogP contribution < -0.4 is 14.2 Å². The summed E-state index contributed by atoms with van der Waals surface area (Å²) in [6.45, 7) is 4.47. The molecule has 0 aromatic heterocycles. The lowest BCUT2D eigenvalue weighted by molar-refractivity contribution is 0.0657. The van der Waals surface area contributed by atoms with E-state index in [1.165, 1.54) is 48.8 Å². The number of rotatable bonds is 13. The summed E-state index contributed by atoms with van der Waals surface area (Å²) in [5.74, 6) is 3.01. The van der Waals surface area contributed by atoms with Crippen LogP contribution in [-0.2, 0) is 13.0 Å². The highest BCUT2D eigenvalue weighted by atomic mass is 16.5. The first-order chi connectivity index (χ1) is 18.6. The van der Waals surface area contributed by atoms with Crippen LogP contribution in [0.4, 0.5) is 0 Å². The zero-order valence-corrected chi connectivity index (χ0v) is 23.2. The van der Waals surface area contributed by atoms with Gasteiger partial charge >= 0.3 is 0 Å². The molecule has 1 atom stereocenters. The highest BCUT2D eigenvalue weighted by Crippen LogP contribution is 2.34. The maximum atomic E-state index is 11.0. The lowest BCUT2D eigenvalue weighted by atomic mass is 9.83. The average molecular weight is 518 g/mol. The third-order valence-corrected chi connectivity index (χ3v) is 7.59. The first-order valence-electron chi connectivity index (χ1n) is 13.9. The van der Waals surface area contributed by atoms with Crippen LogP contribution in [0.5, 0.6) is 17.2 Å². The molecule has 0 saturated heterocycles. The van der Waals surface area contributed by atoms with Gasteiger partial charge in [-0.2, -0.15) is 0 Å². The van der Waals surface area contributed by atoms with E-state index in [2.05, 4.69) is 60.4 Å². The van der Waals surface area contributed by atoms with E-state index >= 15 is 0 Å². The smallest absolute Gasteiger partial charge is 0.160 e. The zero-order valence-electron chi connectivity index (χ0n) is 23.2. The number of aryl methyl sites for hydroxylation is 1. The number of aliphatic hydroxyl groups is 1. The fourth-order valence-electron chi connectivity index (χ4n) is 5.46. The molecule has 0 amide bonds. The summed E-state index contributed by atoms with van der Waals surface area (Å²) >= 11 is 0. The number of hydrogen-bond donors (Lipinski definition) is 1.